The van der Waals surface area contributed by atoms with Crippen LogP contribution in [0, 0.1) is 11.8 Å². The van der Waals surface area contributed by atoms with Crippen LogP contribution in [0.5, 0.6) is 0 Å². The average Bonchev–Trinajstić information content (AvgIpc) is 2.70. The van der Waals surface area contributed by atoms with Crippen molar-refractivity contribution in [2.24, 2.45) is 11.8 Å². The predicted octanol–water partition coefficient (Wildman–Crippen LogP) is 1.86. The number of nitrogens with zero attached hydrogens (tertiary/aromatic N) is 2. The average molecular weight is 401 g/mol. The monoisotopic (exact) mass is 400 g/mol. The summed E-state index contributed by atoms with van der Waals surface area (Å²) in [5, 5.41) is 6.01. The Bertz CT molecular complexity index is 656. The summed E-state index contributed by atoms with van der Waals surface area (Å²) in [6.07, 6.45) is 2.50. The lowest BCUT2D eigenvalue weighted by Gasteiger charge is -2.35. The van der Waals surface area contributed by atoms with Gasteiger partial charge in [0, 0.05) is 32.7 Å². The second-order valence-electron chi connectivity index (χ2n) is 8.91. The molecule has 2 heterocycles. The van der Waals surface area contributed by atoms with Gasteiger partial charge in [0.05, 0.1) is 12.5 Å². The fourth-order valence-corrected chi connectivity index (χ4v) is 4.39. The highest BCUT2D eigenvalue weighted by atomic mass is 16.2. The number of carbonyl (C=O) groups excluding carboxylic acids is 2. The number of piperidine rings is 1. The number of amides is 2. The van der Waals surface area contributed by atoms with Gasteiger partial charge in [0.25, 0.3) is 0 Å². The zero-order valence-corrected chi connectivity index (χ0v) is 17.9. The molecule has 1 atom stereocenters. The molecule has 0 spiro atoms. The van der Waals surface area contributed by atoms with E-state index in [-0.39, 0.29) is 18.2 Å². The summed E-state index contributed by atoms with van der Waals surface area (Å²) >= 11 is 0. The molecule has 2 aliphatic rings. The van der Waals surface area contributed by atoms with Crippen LogP contribution in [0.25, 0.3) is 0 Å². The summed E-state index contributed by atoms with van der Waals surface area (Å²) in [7, 11) is 0. The maximum atomic E-state index is 12.6. The zero-order chi connectivity index (χ0) is 20.6. The van der Waals surface area contributed by atoms with Crippen molar-refractivity contribution in [3.63, 3.8) is 0 Å². The third-order valence-electron chi connectivity index (χ3n) is 5.97. The Hall–Kier alpha value is -1.92. The van der Waals surface area contributed by atoms with E-state index in [0.717, 1.165) is 45.6 Å². The van der Waals surface area contributed by atoms with E-state index >= 15 is 0 Å². The molecule has 2 aliphatic heterocycles. The van der Waals surface area contributed by atoms with Crippen molar-refractivity contribution in [3.8, 4) is 0 Å². The van der Waals surface area contributed by atoms with Crippen LogP contribution in [-0.2, 0) is 16.1 Å². The van der Waals surface area contributed by atoms with Crippen LogP contribution >= 0.6 is 0 Å². The van der Waals surface area contributed by atoms with Crippen molar-refractivity contribution in [2.75, 3.05) is 39.3 Å². The number of benzene rings is 1. The molecule has 6 nitrogen and oxygen atoms in total. The highest BCUT2D eigenvalue weighted by molar-refractivity contribution is 5.88. The number of carbonyl (C=O) groups is 2. The van der Waals surface area contributed by atoms with Gasteiger partial charge in [0.2, 0.25) is 11.8 Å². The van der Waals surface area contributed by atoms with E-state index in [9.17, 15) is 9.59 Å². The lowest BCUT2D eigenvalue weighted by molar-refractivity contribution is -0.134. The Balaban J connectivity index is 1.45. The summed E-state index contributed by atoms with van der Waals surface area (Å²) in [6, 6.07) is 9.74. The Morgan fingerprint density at radius 2 is 1.90 bits per heavy atom. The Labute approximate surface area is 175 Å². The van der Waals surface area contributed by atoms with E-state index in [4.69, 9.17) is 0 Å². The first kappa shape index (κ1) is 21.8. The quantitative estimate of drug-likeness (QED) is 0.699. The number of nitrogens with one attached hydrogen (secondary N) is 2. The molecule has 3 rings (SSSR count). The molecule has 0 unspecified atom stereocenters. The summed E-state index contributed by atoms with van der Waals surface area (Å²) in [5.41, 5.74) is 1.17. The molecule has 1 aromatic carbocycles. The molecule has 0 radical (unpaired) electrons. The molecule has 2 N–H and O–H groups in total. The minimum atomic E-state index is -0.392. The van der Waals surface area contributed by atoms with Gasteiger partial charge in [-0.05, 0) is 43.3 Å². The predicted molar refractivity (Wildman–Crippen MR) is 115 cm³/mol. The minimum absolute atomic E-state index is 0.0188. The van der Waals surface area contributed by atoms with Crippen LogP contribution in [0.3, 0.4) is 0 Å². The molecule has 0 bridgehead atoms. The SMILES string of the molecule is CC(C)CN1CCC(CNC(=O)C[C@H]2C(=O)NCCN2Cc2ccccc2)CC1. The zero-order valence-electron chi connectivity index (χ0n) is 17.9. The number of piperazine rings is 1. The molecule has 2 fully saturated rings. The highest BCUT2D eigenvalue weighted by Crippen LogP contribution is 2.18. The first-order valence-electron chi connectivity index (χ1n) is 11.1. The van der Waals surface area contributed by atoms with Gasteiger partial charge in [0.15, 0.2) is 0 Å². The molecule has 1 aromatic rings. The van der Waals surface area contributed by atoms with Gasteiger partial charge in [-0.2, -0.15) is 0 Å². The molecule has 0 saturated carbocycles. The molecule has 0 aromatic heterocycles. The van der Waals surface area contributed by atoms with Gasteiger partial charge in [-0.3, -0.25) is 14.5 Å². The van der Waals surface area contributed by atoms with Gasteiger partial charge >= 0.3 is 0 Å². The number of likely N-dealkylation sites (tertiary alicyclic amines) is 1. The first-order valence-corrected chi connectivity index (χ1v) is 11.1. The van der Waals surface area contributed by atoms with Gasteiger partial charge in [0.1, 0.15) is 0 Å². The van der Waals surface area contributed by atoms with E-state index in [0.29, 0.717) is 24.9 Å². The standard InChI is InChI=1S/C23H36N4O2/c1-18(2)16-26-11-8-19(9-12-26)15-25-22(28)14-21-23(29)24-10-13-27(21)17-20-6-4-3-5-7-20/h3-7,18-19,21H,8-17H2,1-2H3,(H,24,29)(H,25,28)/t21-/m0/s1. The van der Waals surface area contributed by atoms with E-state index in [1.165, 1.54) is 5.56 Å². The largest absolute Gasteiger partial charge is 0.356 e. The molecule has 160 valence electrons. The normalized spacial score (nSPS) is 21.9. The minimum Gasteiger partial charge on any atom is -0.356 e. The lowest BCUT2D eigenvalue weighted by Crippen LogP contribution is -2.56. The van der Waals surface area contributed by atoms with Crippen molar-refractivity contribution >= 4 is 11.8 Å². The fourth-order valence-electron chi connectivity index (χ4n) is 4.39. The van der Waals surface area contributed by atoms with Gasteiger partial charge in [-0.25, -0.2) is 0 Å². The van der Waals surface area contributed by atoms with E-state index in [1.807, 2.05) is 18.2 Å². The van der Waals surface area contributed by atoms with Crippen LogP contribution in [-0.4, -0.2) is 66.9 Å². The molecular weight excluding hydrogens is 364 g/mol. The summed E-state index contributed by atoms with van der Waals surface area (Å²) < 4.78 is 0. The van der Waals surface area contributed by atoms with Crippen LogP contribution in [0.4, 0.5) is 0 Å². The molecule has 6 heteroatoms. The molecule has 0 aliphatic carbocycles. The van der Waals surface area contributed by atoms with Crippen LogP contribution < -0.4 is 10.6 Å². The lowest BCUT2D eigenvalue weighted by atomic mass is 9.96. The fraction of sp³-hybridized carbons (Fsp3) is 0.652. The van der Waals surface area contributed by atoms with Gasteiger partial charge < -0.3 is 15.5 Å². The second-order valence-corrected chi connectivity index (χ2v) is 8.91. The number of rotatable bonds is 8. The van der Waals surface area contributed by atoms with Crippen molar-refractivity contribution in [1.29, 1.82) is 0 Å². The molecule has 2 amide bonds. The second kappa shape index (κ2) is 10.7. The molecular formula is C23H36N4O2. The topological polar surface area (TPSA) is 64.7 Å². The Morgan fingerprint density at radius 3 is 2.59 bits per heavy atom. The maximum Gasteiger partial charge on any atom is 0.237 e. The van der Waals surface area contributed by atoms with Gasteiger partial charge in [-0.1, -0.05) is 44.2 Å². The maximum absolute atomic E-state index is 12.6. The summed E-state index contributed by atoms with van der Waals surface area (Å²) in [6.45, 7) is 10.7. The number of hydrogen-bond donors (Lipinski definition) is 2. The Morgan fingerprint density at radius 1 is 1.17 bits per heavy atom. The van der Waals surface area contributed by atoms with E-state index in [1.54, 1.807) is 0 Å². The van der Waals surface area contributed by atoms with Crippen molar-refractivity contribution in [3.05, 3.63) is 35.9 Å². The Kier molecular flexibility index (Phi) is 8.07. The van der Waals surface area contributed by atoms with Crippen LogP contribution in [0.15, 0.2) is 30.3 Å². The smallest absolute Gasteiger partial charge is 0.237 e. The first-order chi connectivity index (χ1) is 14.0. The van der Waals surface area contributed by atoms with E-state index in [2.05, 4.69) is 46.4 Å². The third-order valence-corrected chi connectivity index (χ3v) is 5.97. The van der Waals surface area contributed by atoms with Crippen molar-refractivity contribution < 1.29 is 9.59 Å². The van der Waals surface area contributed by atoms with E-state index < -0.39 is 6.04 Å². The van der Waals surface area contributed by atoms with Crippen molar-refractivity contribution in [1.82, 2.24) is 20.4 Å². The van der Waals surface area contributed by atoms with Crippen LogP contribution in [0.2, 0.25) is 0 Å². The summed E-state index contributed by atoms with van der Waals surface area (Å²) in [4.78, 5) is 29.6. The molecule has 29 heavy (non-hydrogen) atoms. The number of hydrogen-bond acceptors (Lipinski definition) is 4. The summed E-state index contributed by atoms with van der Waals surface area (Å²) in [5.74, 6) is 1.19. The van der Waals surface area contributed by atoms with Crippen molar-refractivity contribution in [2.45, 2.75) is 45.7 Å². The third kappa shape index (κ3) is 6.82. The molecule has 2 saturated heterocycles. The highest BCUT2D eigenvalue weighted by Gasteiger charge is 2.31. The van der Waals surface area contributed by atoms with Gasteiger partial charge in [-0.15, -0.1) is 0 Å². The van der Waals surface area contributed by atoms with Crippen LogP contribution in [0.1, 0.15) is 38.7 Å².